The molecule has 1 aromatic heterocycles. The average Bonchev–Trinajstić information content (AvgIpc) is 3.18. The number of ether oxygens (including phenoxy) is 1. The van der Waals surface area contributed by atoms with Crippen molar-refractivity contribution in [2.24, 2.45) is 0 Å². The van der Waals surface area contributed by atoms with Gasteiger partial charge in [-0.2, -0.15) is 5.10 Å². The van der Waals surface area contributed by atoms with E-state index in [2.05, 4.69) is 10.5 Å². The normalized spacial score (nSPS) is 17.5. The maximum absolute atomic E-state index is 12.7. The third kappa shape index (κ3) is 3.27. The van der Waals surface area contributed by atoms with Gasteiger partial charge < -0.3 is 4.74 Å². The molecule has 6 nitrogen and oxygen atoms in total. The lowest BCUT2D eigenvalue weighted by Gasteiger charge is -2.26. The zero-order chi connectivity index (χ0) is 17.4. The van der Waals surface area contributed by atoms with Crippen molar-refractivity contribution in [3.63, 3.8) is 0 Å². The summed E-state index contributed by atoms with van der Waals surface area (Å²) in [5.74, 6) is -0.177. The monoisotopic (exact) mass is 380 g/mol. The lowest BCUT2D eigenvalue weighted by molar-refractivity contribution is 0.0124. The number of amides is 1. The van der Waals surface area contributed by atoms with Crippen LogP contribution in [0.1, 0.15) is 28.2 Å². The van der Waals surface area contributed by atoms with Gasteiger partial charge in [0.25, 0.3) is 5.91 Å². The SMILES string of the molecule is O=C(NN1CCOCC1)c1nn(-c2ccc(Cl)cc2Cl)c2c1CCC2. The maximum atomic E-state index is 12.7. The summed E-state index contributed by atoms with van der Waals surface area (Å²) in [6.07, 6.45) is 2.74. The average molecular weight is 381 g/mol. The molecule has 0 atom stereocenters. The van der Waals surface area contributed by atoms with Crippen LogP contribution in [0.5, 0.6) is 0 Å². The first-order chi connectivity index (χ1) is 12.1. The summed E-state index contributed by atoms with van der Waals surface area (Å²) in [4.78, 5) is 12.7. The number of benzene rings is 1. The van der Waals surface area contributed by atoms with E-state index >= 15 is 0 Å². The molecule has 1 saturated heterocycles. The van der Waals surface area contributed by atoms with Gasteiger partial charge in [-0.3, -0.25) is 10.2 Å². The second kappa shape index (κ2) is 6.96. The molecule has 0 saturated carbocycles. The largest absolute Gasteiger partial charge is 0.379 e. The molecule has 2 aromatic rings. The molecule has 2 heterocycles. The number of aromatic nitrogens is 2. The Labute approximate surface area is 155 Å². The maximum Gasteiger partial charge on any atom is 0.286 e. The summed E-state index contributed by atoms with van der Waals surface area (Å²) in [5.41, 5.74) is 6.22. The zero-order valence-electron chi connectivity index (χ0n) is 13.6. The molecule has 1 aliphatic heterocycles. The van der Waals surface area contributed by atoms with Crippen molar-refractivity contribution < 1.29 is 9.53 Å². The third-order valence-electron chi connectivity index (χ3n) is 4.55. The molecule has 4 rings (SSSR count). The lowest BCUT2D eigenvalue weighted by atomic mass is 10.2. The summed E-state index contributed by atoms with van der Waals surface area (Å²) in [7, 11) is 0. The van der Waals surface area contributed by atoms with Crippen molar-refractivity contribution in [3.05, 3.63) is 45.2 Å². The Bertz CT molecular complexity index is 815. The van der Waals surface area contributed by atoms with Gasteiger partial charge >= 0.3 is 0 Å². The molecule has 1 amide bonds. The van der Waals surface area contributed by atoms with Crippen LogP contribution >= 0.6 is 23.2 Å². The van der Waals surface area contributed by atoms with E-state index < -0.39 is 0 Å². The highest BCUT2D eigenvalue weighted by Crippen LogP contribution is 2.31. The molecule has 0 radical (unpaired) electrons. The minimum atomic E-state index is -0.177. The van der Waals surface area contributed by atoms with Crippen LogP contribution in [0.4, 0.5) is 0 Å². The van der Waals surface area contributed by atoms with Crippen LogP contribution in [0.2, 0.25) is 10.0 Å². The smallest absolute Gasteiger partial charge is 0.286 e. The lowest BCUT2D eigenvalue weighted by Crippen LogP contribution is -2.48. The highest BCUT2D eigenvalue weighted by molar-refractivity contribution is 6.35. The van der Waals surface area contributed by atoms with E-state index in [0.717, 1.165) is 36.2 Å². The van der Waals surface area contributed by atoms with E-state index in [1.54, 1.807) is 16.8 Å². The minimum absolute atomic E-state index is 0.177. The predicted octanol–water partition coefficient (Wildman–Crippen LogP) is 2.64. The van der Waals surface area contributed by atoms with E-state index in [1.807, 2.05) is 11.1 Å². The van der Waals surface area contributed by atoms with Gasteiger partial charge in [-0.1, -0.05) is 23.2 Å². The fraction of sp³-hybridized carbons (Fsp3) is 0.412. The molecule has 0 bridgehead atoms. The Hall–Kier alpha value is -1.60. The van der Waals surface area contributed by atoms with E-state index in [1.165, 1.54) is 0 Å². The number of hydrazine groups is 1. The van der Waals surface area contributed by atoms with E-state index in [4.69, 9.17) is 27.9 Å². The number of hydrogen-bond donors (Lipinski definition) is 1. The standard InChI is InChI=1S/C17H18Cl2N4O2/c18-11-4-5-15(13(19)10-11)23-14-3-1-2-12(14)16(20-23)17(24)21-22-6-8-25-9-7-22/h4-5,10H,1-3,6-9H2,(H,21,24). The fourth-order valence-corrected chi connectivity index (χ4v) is 3.83. The topological polar surface area (TPSA) is 59.4 Å². The first-order valence-corrected chi connectivity index (χ1v) is 9.09. The molecule has 1 aliphatic carbocycles. The summed E-state index contributed by atoms with van der Waals surface area (Å²) in [6.45, 7) is 2.59. The quantitative estimate of drug-likeness (QED) is 0.888. The van der Waals surface area contributed by atoms with Crippen molar-refractivity contribution >= 4 is 29.1 Å². The van der Waals surface area contributed by atoms with Gasteiger partial charge in [-0.15, -0.1) is 0 Å². The second-order valence-corrected chi connectivity index (χ2v) is 7.02. The van der Waals surface area contributed by atoms with Crippen LogP contribution in [0.15, 0.2) is 18.2 Å². The van der Waals surface area contributed by atoms with Crippen LogP contribution < -0.4 is 5.43 Å². The summed E-state index contributed by atoms with van der Waals surface area (Å²) >= 11 is 12.3. The van der Waals surface area contributed by atoms with Crippen molar-refractivity contribution in [2.45, 2.75) is 19.3 Å². The van der Waals surface area contributed by atoms with Gasteiger partial charge in [-0.25, -0.2) is 9.69 Å². The molecular formula is C17H18Cl2N4O2. The Morgan fingerprint density at radius 1 is 1.20 bits per heavy atom. The number of morpholine rings is 1. The molecule has 0 spiro atoms. The number of nitrogens with one attached hydrogen (secondary N) is 1. The number of carbonyl (C=O) groups excluding carboxylic acids is 1. The molecule has 1 aromatic carbocycles. The second-order valence-electron chi connectivity index (χ2n) is 6.18. The minimum Gasteiger partial charge on any atom is -0.379 e. The first kappa shape index (κ1) is 16.8. The number of nitrogens with zero attached hydrogens (tertiary/aromatic N) is 3. The molecule has 0 unspecified atom stereocenters. The van der Waals surface area contributed by atoms with E-state index in [-0.39, 0.29) is 5.91 Å². The van der Waals surface area contributed by atoms with Gasteiger partial charge in [-0.05, 0) is 37.5 Å². The number of hydrogen-bond acceptors (Lipinski definition) is 4. The van der Waals surface area contributed by atoms with Gasteiger partial charge in [0.1, 0.15) is 0 Å². The highest BCUT2D eigenvalue weighted by atomic mass is 35.5. The van der Waals surface area contributed by atoms with Crippen LogP contribution in [0.3, 0.4) is 0 Å². The third-order valence-corrected chi connectivity index (χ3v) is 5.09. The summed E-state index contributed by atoms with van der Waals surface area (Å²) < 4.78 is 7.09. The van der Waals surface area contributed by atoms with E-state index in [9.17, 15) is 4.79 Å². The molecular weight excluding hydrogens is 363 g/mol. The van der Waals surface area contributed by atoms with Crippen molar-refractivity contribution in [3.8, 4) is 5.69 Å². The van der Waals surface area contributed by atoms with Gasteiger partial charge in [0.2, 0.25) is 0 Å². The molecule has 1 fully saturated rings. The van der Waals surface area contributed by atoms with Gasteiger partial charge in [0, 0.05) is 29.4 Å². The highest BCUT2D eigenvalue weighted by Gasteiger charge is 2.28. The fourth-order valence-electron chi connectivity index (χ4n) is 3.34. The van der Waals surface area contributed by atoms with Crippen LogP contribution in [-0.2, 0) is 17.6 Å². The molecule has 1 N–H and O–H groups in total. The van der Waals surface area contributed by atoms with Crippen LogP contribution in [-0.4, -0.2) is 47.0 Å². The van der Waals surface area contributed by atoms with Gasteiger partial charge in [0.15, 0.2) is 5.69 Å². The molecule has 8 heteroatoms. The predicted molar refractivity (Wildman–Crippen MR) is 95.5 cm³/mol. The Morgan fingerprint density at radius 3 is 2.76 bits per heavy atom. The first-order valence-electron chi connectivity index (χ1n) is 8.33. The molecule has 132 valence electrons. The summed E-state index contributed by atoms with van der Waals surface area (Å²) in [5, 5.41) is 7.54. The molecule has 25 heavy (non-hydrogen) atoms. The van der Waals surface area contributed by atoms with Crippen LogP contribution in [0, 0.1) is 0 Å². The Kier molecular flexibility index (Phi) is 4.69. The zero-order valence-corrected chi connectivity index (χ0v) is 15.1. The number of carbonyl (C=O) groups is 1. The Morgan fingerprint density at radius 2 is 2.00 bits per heavy atom. The Balaban J connectivity index is 1.66. The number of rotatable bonds is 3. The van der Waals surface area contributed by atoms with Crippen LogP contribution in [0.25, 0.3) is 5.69 Å². The van der Waals surface area contributed by atoms with Crippen molar-refractivity contribution in [1.29, 1.82) is 0 Å². The summed E-state index contributed by atoms with van der Waals surface area (Å²) in [6, 6.07) is 5.30. The van der Waals surface area contributed by atoms with E-state index in [0.29, 0.717) is 42.0 Å². The number of halogens is 2. The van der Waals surface area contributed by atoms with Crippen molar-refractivity contribution in [1.82, 2.24) is 20.2 Å². The number of fused-ring (bicyclic) bond motifs is 1. The molecule has 2 aliphatic rings. The van der Waals surface area contributed by atoms with Crippen molar-refractivity contribution in [2.75, 3.05) is 26.3 Å². The van der Waals surface area contributed by atoms with Gasteiger partial charge in [0.05, 0.1) is 23.9 Å².